The second kappa shape index (κ2) is 9.95. The van der Waals surface area contributed by atoms with Crippen LogP contribution >= 0.6 is 0 Å². The molecule has 0 aromatic heterocycles. The van der Waals surface area contributed by atoms with Crippen molar-refractivity contribution in [1.82, 2.24) is 9.80 Å². The first-order valence-corrected chi connectivity index (χ1v) is 15.4. The molecular formula is C32H36F3N3O6. The minimum atomic E-state index is -4.80. The topological polar surface area (TPSA) is 130 Å². The van der Waals surface area contributed by atoms with Gasteiger partial charge < -0.3 is 15.6 Å². The number of hydrogen-bond acceptors (Lipinski definition) is 8. The molecule has 1 saturated heterocycles. The summed E-state index contributed by atoms with van der Waals surface area (Å²) >= 11 is 0. The van der Waals surface area contributed by atoms with Crippen molar-refractivity contribution in [2.75, 3.05) is 33.8 Å². The zero-order valence-electron chi connectivity index (χ0n) is 24.7. The standard InChI is InChI=1S/C32H36F3N3O6/c1-37(2)26-19-8-16-7-18-23(27(40)22(16)29(42)31(19)20(13-44-31)24(28(26)41)30(36)43)21(39)9-17(25(18)32(33,34)35)12-38(10-14-3-4-14)11-15-5-6-15/h9,14-16,19,22,26,39H,3-8,10-13H2,1-2H3,(H2,36,43). The van der Waals surface area contributed by atoms with E-state index in [-0.39, 0.29) is 48.3 Å². The molecule has 3 N–H and O–H groups in total. The monoisotopic (exact) mass is 615 g/mol. The van der Waals surface area contributed by atoms with Gasteiger partial charge in [0.25, 0.3) is 5.91 Å². The van der Waals surface area contributed by atoms with Gasteiger partial charge in [0.15, 0.2) is 23.0 Å². The van der Waals surface area contributed by atoms with Gasteiger partial charge in [0.05, 0.1) is 35.3 Å². The van der Waals surface area contributed by atoms with Gasteiger partial charge in [0.2, 0.25) is 0 Å². The number of amides is 1. The Morgan fingerprint density at radius 2 is 1.73 bits per heavy atom. The summed E-state index contributed by atoms with van der Waals surface area (Å²) in [6.45, 7) is 1.21. The van der Waals surface area contributed by atoms with Crippen LogP contribution in [0.25, 0.3) is 0 Å². The Balaban J connectivity index is 1.32. The van der Waals surface area contributed by atoms with Crippen LogP contribution in [0.1, 0.15) is 59.2 Å². The Bertz CT molecular complexity index is 1510. The lowest BCUT2D eigenvalue weighted by molar-refractivity contribution is -0.189. The molecule has 7 rings (SSSR count). The number of benzene rings is 1. The van der Waals surface area contributed by atoms with Gasteiger partial charge in [-0.25, -0.2) is 0 Å². The number of phenolic OH excluding ortho intramolecular Hbond substituents is 1. The summed E-state index contributed by atoms with van der Waals surface area (Å²) in [5.41, 5.74) is 1.91. The van der Waals surface area contributed by atoms with Crippen LogP contribution in [0.5, 0.6) is 5.75 Å². The van der Waals surface area contributed by atoms with Crippen LogP contribution in [0, 0.1) is 29.6 Å². The van der Waals surface area contributed by atoms with Crippen molar-refractivity contribution in [3.05, 3.63) is 39.5 Å². The van der Waals surface area contributed by atoms with E-state index in [0.29, 0.717) is 24.9 Å². The minimum absolute atomic E-state index is 0.00469. The molecule has 5 unspecified atom stereocenters. The maximum absolute atomic E-state index is 14.9. The number of carbonyl (C=O) groups is 4. The van der Waals surface area contributed by atoms with Crippen LogP contribution in [-0.2, 0) is 38.3 Å². The van der Waals surface area contributed by atoms with Crippen LogP contribution in [0.15, 0.2) is 17.2 Å². The Hall–Kier alpha value is -3.09. The first-order valence-electron chi connectivity index (χ1n) is 15.4. The molecule has 12 heteroatoms. The highest BCUT2D eigenvalue weighted by molar-refractivity contribution is 6.26. The van der Waals surface area contributed by atoms with Gasteiger partial charge in [0.1, 0.15) is 5.75 Å². The molecule has 44 heavy (non-hydrogen) atoms. The lowest BCUT2D eigenvalue weighted by atomic mass is 9.51. The lowest BCUT2D eigenvalue weighted by Gasteiger charge is -2.59. The van der Waals surface area contributed by atoms with Crippen molar-refractivity contribution >= 4 is 23.3 Å². The number of nitrogens with zero attached hydrogens (tertiary/aromatic N) is 2. The molecule has 3 saturated carbocycles. The molecule has 6 aliphatic rings. The van der Waals surface area contributed by atoms with E-state index in [9.17, 15) is 37.5 Å². The molecular weight excluding hydrogens is 579 g/mol. The van der Waals surface area contributed by atoms with Crippen LogP contribution in [0.2, 0.25) is 0 Å². The number of carbonyl (C=O) groups excluding carboxylic acids is 4. The van der Waals surface area contributed by atoms with Gasteiger partial charge in [-0.1, -0.05) is 0 Å². The molecule has 1 spiro atoms. The quantitative estimate of drug-likeness (QED) is 0.337. The molecule has 5 aliphatic carbocycles. The fourth-order valence-electron chi connectivity index (χ4n) is 8.53. The molecule has 0 bridgehead atoms. The van der Waals surface area contributed by atoms with E-state index in [1.807, 2.05) is 4.90 Å². The first kappa shape index (κ1) is 29.6. The van der Waals surface area contributed by atoms with Crippen LogP contribution in [-0.4, -0.2) is 83.6 Å². The van der Waals surface area contributed by atoms with Gasteiger partial charge in [-0.3, -0.25) is 29.0 Å². The summed E-state index contributed by atoms with van der Waals surface area (Å²) in [5, 5.41) is 11.1. The normalized spacial score (nSPS) is 31.5. The highest BCUT2D eigenvalue weighted by Gasteiger charge is 2.70. The summed E-state index contributed by atoms with van der Waals surface area (Å²) < 4.78 is 50.7. The number of halogens is 3. The van der Waals surface area contributed by atoms with Crippen molar-refractivity contribution in [1.29, 1.82) is 0 Å². The summed E-state index contributed by atoms with van der Waals surface area (Å²) in [6.07, 6.45) is -0.819. The number of ether oxygens (including phenoxy) is 1. The van der Waals surface area contributed by atoms with Gasteiger partial charge >= 0.3 is 6.18 Å². The predicted octanol–water partition coefficient (Wildman–Crippen LogP) is 2.66. The number of Topliss-reactive ketones (excluding diaryl/α,β-unsaturated/α-hetero) is 3. The zero-order valence-corrected chi connectivity index (χ0v) is 24.7. The fraction of sp³-hybridized carbons (Fsp3) is 0.625. The second-order valence-corrected chi connectivity index (χ2v) is 13.9. The third-order valence-corrected chi connectivity index (χ3v) is 10.7. The molecule has 1 aromatic rings. The van der Waals surface area contributed by atoms with E-state index in [2.05, 4.69) is 0 Å². The van der Waals surface area contributed by atoms with E-state index in [4.69, 9.17) is 10.5 Å². The number of hydrogen-bond donors (Lipinski definition) is 2. The Kier molecular flexibility index (Phi) is 6.70. The molecule has 1 amide bonds. The largest absolute Gasteiger partial charge is 0.507 e. The number of aromatic hydroxyl groups is 1. The van der Waals surface area contributed by atoms with E-state index in [1.54, 1.807) is 19.0 Å². The van der Waals surface area contributed by atoms with E-state index >= 15 is 0 Å². The van der Waals surface area contributed by atoms with Crippen molar-refractivity contribution < 1.29 is 42.2 Å². The van der Waals surface area contributed by atoms with Crippen LogP contribution < -0.4 is 5.73 Å². The van der Waals surface area contributed by atoms with Crippen molar-refractivity contribution in [2.45, 2.75) is 62.9 Å². The summed E-state index contributed by atoms with van der Waals surface area (Å²) in [7, 11) is 3.22. The number of alkyl halides is 3. The lowest BCUT2D eigenvalue weighted by Crippen LogP contribution is -2.73. The number of ketones is 3. The Morgan fingerprint density at radius 1 is 1.09 bits per heavy atom. The SMILES string of the molecule is CN(C)C1C(=O)C(C(N)=O)=C2COC23C(=O)C2C(=O)c4c(O)cc(CN(CC5CC5)CC5CC5)c(C(F)(F)F)c4CC2CC13. The van der Waals surface area contributed by atoms with Crippen molar-refractivity contribution in [3.63, 3.8) is 0 Å². The third-order valence-electron chi connectivity index (χ3n) is 10.7. The molecule has 4 fully saturated rings. The minimum Gasteiger partial charge on any atom is -0.507 e. The van der Waals surface area contributed by atoms with Gasteiger partial charge in [-0.15, -0.1) is 0 Å². The number of likely N-dealkylation sites (N-methyl/N-ethyl adjacent to an activating group) is 1. The number of fused-ring (bicyclic) bond motifs is 2. The fourth-order valence-corrected chi connectivity index (χ4v) is 8.53. The van der Waals surface area contributed by atoms with Gasteiger partial charge in [0, 0.05) is 31.1 Å². The average molecular weight is 616 g/mol. The summed E-state index contributed by atoms with van der Waals surface area (Å²) in [5.74, 6) is -5.83. The number of nitrogens with two attached hydrogens (primary N) is 1. The van der Waals surface area contributed by atoms with Gasteiger partial charge in [-0.2, -0.15) is 13.2 Å². The molecule has 236 valence electrons. The Labute approximate surface area is 252 Å². The molecule has 1 aliphatic heterocycles. The van der Waals surface area contributed by atoms with Crippen LogP contribution in [0.4, 0.5) is 13.2 Å². The molecule has 5 atom stereocenters. The zero-order chi connectivity index (χ0) is 31.5. The number of primary amides is 1. The highest BCUT2D eigenvalue weighted by atomic mass is 19.4. The first-order chi connectivity index (χ1) is 20.7. The maximum atomic E-state index is 14.9. The van der Waals surface area contributed by atoms with Crippen molar-refractivity contribution in [3.8, 4) is 5.75 Å². The summed E-state index contributed by atoms with van der Waals surface area (Å²) in [6, 6.07) is 0.0573. The van der Waals surface area contributed by atoms with E-state index < -0.39 is 75.7 Å². The number of phenols is 1. The second-order valence-electron chi connectivity index (χ2n) is 13.9. The Morgan fingerprint density at radius 3 is 2.23 bits per heavy atom. The van der Waals surface area contributed by atoms with Gasteiger partial charge in [-0.05, 0) is 87.6 Å². The van der Waals surface area contributed by atoms with Crippen molar-refractivity contribution in [2.24, 2.45) is 35.3 Å². The van der Waals surface area contributed by atoms with E-state index in [1.165, 1.54) is 0 Å². The molecule has 0 radical (unpaired) electrons. The third kappa shape index (κ3) is 4.39. The molecule has 1 heterocycles. The van der Waals surface area contributed by atoms with Crippen LogP contribution in [0.3, 0.4) is 0 Å². The van der Waals surface area contributed by atoms with E-state index in [0.717, 1.165) is 31.7 Å². The smallest absolute Gasteiger partial charge is 0.417 e. The molecule has 1 aromatic carbocycles. The molecule has 9 nitrogen and oxygen atoms in total. The number of rotatable bonds is 8. The summed E-state index contributed by atoms with van der Waals surface area (Å²) in [4.78, 5) is 57.8. The highest BCUT2D eigenvalue weighted by Crippen LogP contribution is 2.58. The predicted molar refractivity (Wildman–Crippen MR) is 149 cm³/mol. The average Bonchev–Trinajstić information content (AvgIpc) is 3.82. The maximum Gasteiger partial charge on any atom is 0.417 e.